The fraction of sp³-hybridized carbons (Fsp3) is 0.941. The fourth-order valence-corrected chi connectivity index (χ4v) is 7.29. The van der Waals surface area contributed by atoms with Crippen LogP contribution in [0.2, 0.25) is 0 Å². The van der Waals surface area contributed by atoms with Crippen LogP contribution in [0, 0.1) is 46.5 Å². The van der Waals surface area contributed by atoms with E-state index in [1.807, 2.05) is 0 Å². The molecule has 0 heterocycles. The van der Waals surface area contributed by atoms with Crippen molar-refractivity contribution >= 4 is 0 Å². The molecule has 122 valence electrons. The molecule has 7 atom stereocenters. The van der Waals surface area contributed by atoms with Gasteiger partial charge in [0.05, 0.1) is 0 Å². The predicted octanol–water partition coefficient (Wildman–Crippen LogP) is 4.94. The molecule has 0 aliphatic heterocycles. The first kappa shape index (κ1) is 15.6. The smallest absolute Gasteiger partial charge is 0.294 e. The molecule has 7 unspecified atom stereocenters. The van der Waals surface area contributed by atoms with Crippen molar-refractivity contribution in [2.24, 2.45) is 40.4 Å². The molecule has 4 saturated carbocycles. The van der Waals surface area contributed by atoms with Crippen LogP contribution in [0.4, 0.5) is 13.2 Å². The van der Waals surface area contributed by atoms with Gasteiger partial charge in [-0.1, -0.05) is 25.9 Å². The molecule has 1 nitrogen and oxygen atoms in total. The Morgan fingerprint density at radius 2 is 1.68 bits per heavy atom. The van der Waals surface area contributed by atoms with Crippen LogP contribution >= 0.6 is 0 Å². The molecule has 0 saturated heterocycles. The molecule has 0 radical (unpaired) electrons. The first-order valence-corrected chi connectivity index (χ1v) is 8.26. The Morgan fingerprint density at radius 1 is 1.09 bits per heavy atom. The molecule has 0 aromatic heterocycles. The molecule has 0 amide bonds. The summed E-state index contributed by atoms with van der Waals surface area (Å²) in [5, 5.41) is 9.35. The van der Waals surface area contributed by atoms with Gasteiger partial charge in [0.1, 0.15) is 0 Å². The standard InChI is InChI=1S/C17H24F3O.Rf/c1-15-3-4-16(2,8-15)14-11-6-10(13(14)15)5-9(11)7-12(21)17(18,19)20;/h9-11,13-14,21H,3-8H2,1-2H3;/q-1;. The number of halogens is 3. The molecule has 0 spiro atoms. The SMILES string of the molecule is CC12CCC(C)(C1)C1C3CC(CC3C[C-](O)C(F)(F)F)C12.[Rf]. The van der Waals surface area contributed by atoms with Gasteiger partial charge < -0.3 is 5.11 Å². The van der Waals surface area contributed by atoms with E-state index in [2.05, 4.69) is 13.8 Å². The Labute approximate surface area is 124 Å². The topological polar surface area (TPSA) is 20.2 Å². The van der Waals surface area contributed by atoms with Crippen LogP contribution in [0.3, 0.4) is 0 Å². The third-order valence-electron chi connectivity index (χ3n) is 7.61. The molecule has 4 rings (SSSR count). The van der Waals surface area contributed by atoms with E-state index in [1.54, 1.807) is 0 Å². The normalized spacial score (nSPS) is 52.2. The zero-order valence-electron chi connectivity index (χ0n) is 13.4. The largest absolute Gasteiger partial charge is 0.554 e. The Bertz CT molecular complexity index is 467. The molecule has 0 aromatic carbocycles. The second-order valence-corrected chi connectivity index (χ2v) is 8.84. The Hall–Kier alpha value is -1.25. The maximum atomic E-state index is 12.6. The van der Waals surface area contributed by atoms with Gasteiger partial charge in [0, 0.05) is 0 Å². The van der Waals surface area contributed by atoms with Crippen molar-refractivity contribution in [2.45, 2.75) is 58.5 Å². The molecule has 1 N–H and O–H groups in total. The van der Waals surface area contributed by atoms with Crippen LogP contribution in [0.15, 0.2) is 0 Å². The summed E-state index contributed by atoms with van der Waals surface area (Å²) >= 11 is 0. The van der Waals surface area contributed by atoms with Gasteiger partial charge in [0.2, 0.25) is 0 Å². The molecule has 4 aliphatic rings. The van der Waals surface area contributed by atoms with Gasteiger partial charge in [0.25, 0.3) is 6.18 Å². The summed E-state index contributed by atoms with van der Waals surface area (Å²) < 4.78 is 37.8. The van der Waals surface area contributed by atoms with E-state index in [-0.39, 0.29) is 12.3 Å². The minimum absolute atomic E-state index is 0. The van der Waals surface area contributed by atoms with Crippen molar-refractivity contribution in [3.63, 3.8) is 0 Å². The van der Waals surface area contributed by atoms with Gasteiger partial charge in [-0.2, -0.15) is 0 Å². The monoisotopic (exact) mass is 568 g/mol. The van der Waals surface area contributed by atoms with Gasteiger partial charge in [0.15, 0.2) is 0 Å². The third kappa shape index (κ3) is 1.77. The number of hydrogen-bond acceptors (Lipinski definition) is 1. The molecule has 0 aromatic rings. The minimum Gasteiger partial charge on any atom is -0.554 e. The van der Waals surface area contributed by atoms with Crippen molar-refractivity contribution < 1.29 is 18.3 Å². The van der Waals surface area contributed by atoms with E-state index in [4.69, 9.17) is 0 Å². The van der Waals surface area contributed by atoms with E-state index < -0.39 is 12.3 Å². The van der Waals surface area contributed by atoms with E-state index in [0.717, 1.165) is 18.8 Å². The minimum atomic E-state index is -4.54. The Kier molecular flexibility index (Phi) is 2.97. The van der Waals surface area contributed by atoms with Crippen molar-refractivity contribution in [3.05, 3.63) is 6.10 Å². The van der Waals surface area contributed by atoms with Gasteiger partial charge in [-0.05, 0) is 66.6 Å². The quantitative estimate of drug-likeness (QED) is 0.370. The zero-order valence-corrected chi connectivity index (χ0v) is 19.8. The summed E-state index contributed by atoms with van der Waals surface area (Å²) in [5.74, 6) is 2.43. The van der Waals surface area contributed by atoms with E-state index in [1.165, 1.54) is 19.3 Å². The number of aliphatic hydroxyl groups excluding tert-OH is 1. The number of hydrogen-bond donors (Lipinski definition) is 1. The number of fused-ring (bicyclic) bond motifs is 9. The van der Waals surface area contributed by atoms with Crippen LogP contribution in [-0.2, 0) is 0 Å². The molecule has 4 aliphatic carbocycles. The van der Waals surface area contributed by atoms with Crippen molar-refractivity contribution in [2.75, 3.05) is 0 Å². The summed E-state index contributed by atoms with van der Waals surface area (Å²) in [4.78, 5) is 0. The third-order valence-corrected chi connectivity index (χ3v) is 7.61. The zero-order chi connectivity index (χ0) is 15.2. The number of alkyl halides is 3. The number of rotatable bonds is 2. The second-order valence-electron chi connectivity index (χ2n) is 8.84. The molecular formula is C17H24F3ORf-. The Morgan fingerprint density at radius 3 is 2.27 bits per heavy atom. The van der Waals surface area contributed by atoms with Gasteiger partial charge in [-0.3, -0.25) is 0 Å². The van der Waals surface area contributed by atoms with Crippen molar-refractivity contribution in [1.82, 2.24) is 0 Å². The molecule has 4 fully saturated rings. The summed E-state index contributed by atoms with van der Waals surface area (Å²) in [6, 6.07) is 0. The molecule has 5 heteroatoms. The fourth-order valence-electron chi connectivity index (χ4n) is 7.29. The Balaban J connectivity index is 0.00000144. The maximum absolute atomic E-state index is 12.6. The van der Waals surface area contributed by atoms with Gasteiger partial charge in [-0.25, -0.2) is 13.2 Å². The second kappa shape index (κ2) is 4.18. The molecule has 4 bridgehead atoms. The first-order chi connectivity index (χ1) is 9.64. The summed E-state index contributed by atoms with van der Waals surface area (Å²) in [6.07, 6.45) is -0.116. The van der Waals surface area contributed by atoms with Crippen LogP contribution in [0.25, 0.3) is 0 Å². The van der Waals surface area contributed by atoms with E-state index in [9.17, 15) is 18.3 Å². The van der Waals surface area contributed by atoms with Crippen molar-refractivity contribution in [1.29, 1.82) is 0 Å². The van der Waals surface area contributed by atoms with Gasteiger partial charge >= 0.3 is 0 Å². The van der Waals surface area contributed by atoms with Crippen LogP contribution < -0.4 is 0 Å². The average molecular weight is 568 g/mol. The first-order valence-electron chi connectivity index (χ1n) is 8.26. The predicted molar refractivity (Wildman–Crippen MR) is 72.6 cm³/mol. The molecule has 22 heavy (non-hydrogen) atoms. The van der Waals surface area contributed by atoms with Crippen LogP contribution in [-0.4, -0.2) is 11.3 Å². The van der Waals surface area contributed by atoms with Crippen LogP contribution in [0.1, 0.15) is 52.4 Å². The summed E-state index contributed by atoms with van der Waals surface area (Å²) in [7, 11) is 0. The molecular weight excluding hydrogens is 544 g/mol. The summed E-state index contributed by atoms with van der Waals surface area (Å²) in [6.45, 7) is 4.78. The van der Waals surface area contributed by atoms with E-state index in [0.29, 0.717) is 28.6 Å². The van der Waals surface area contributed by atoms with Crippen molar-refractivity contribution in [3.8, 4) is 0 Å². The number of aliphatic hydroxyl groups is 1. The van der Waals surface area contributed by atoms with Crippen LogP contribution in [0.5, 0.6) is 0 Å². The average Bonchev–Trinajstić information content (AvgIpc) is 3.03. The maximum Gasteiger partial charge on any atom is 0.294 e. The van der Waals surface area contributed by atoms with E-state index >= 15 is 0 Å². The van der Waals surface area contributed by atoms with Gasteiger partial charge in [-0.15, -0.1) is 6.42 Å². The summed E-state index contributed by atoms with van der Waals surface area (Å²) in [5.41, 5.74) is 0.797.